The average molecular weight is 249 g/mol. The van der Waals surface area contributed by atoms with E-state index in [2.05, 4.69) is 33.1 Å². The van der Waals surface area contributed by atoms with Gasteiger partial charge in [0.2, 0.25) is 5.91 Å². The Morgan fingerprint density at radius 2 is 2.12 bits per heavy atom. The van der Waals surface area contributed by atoms with Crippen LogP contribution in [0.1, 0.15) is 6.42 Å². The molecule has 0 aliphatic carbocycles. The highest BCUT2D eigenvalue weighted by Gasteiger charge is 2.02. The van der Waals surface area contributed by atoms with E-state index in [0.717, 1.165) is 0 Å². The van der Waals surface area contributed by atoms with Crippen molar-refractivity contribution in [2.24, 2.45) is 0 Å². The van der Waals surface area contributed by atoms with Gasteiger partial charge in [-0.15, -0.1) is 10.2 Å². The average Bonchev–Trinajstić information content (AvgIpc) is 2.84. The van der Waals surface area contributed by atoms with E-state index in [9.17, 15) is 4.79 Å². The van der Waals surface area contributed by atoms with Crippen LogP contribution in [0, 0.1) is 0 Å². The van der Waals surface area contributed by atoms with Crippen LogP contribution in [-0.2, 0) is 4.79 Å². The summed E-state index contributed by atoms with van der Waals surface area (Å²) in [7, 11) is 0. The Morgan fingerprint density at radius 1 is 1.35 bits per heavy atom. The molecule has 17 heavy (non-hydrogen) atoms. The number of carbonyl (C=O) groups excluding carboxylic acids is 1. The molecule has 2 aromatic heterocycles. The molecule has 2 heterocycles. The maximum absolute atomic E-state index is 11.3. The Bertz CT molecular complexity index is 482. The number of amides is 1. The third-order valence-electron chi connectivity index (χ3n) is 2.05. The smallest absolute Gasteiger partial charge is 0.225 e. The van der Waals surface area contributed by atoms with Crippen molar-refractivity contribution < 1.29 is 4.79 Å². The van der Waals surface area contributed by atoms with Gasteiger partial charge in [-0.3, -0.25) is 9.36 Å². The first-order chi connectivity index (χ1) is 8.29. The summed E-state index contributed by atoms with van der Waals surface area (Å²) in [5.41, 5.74) is 0.661. The van der Waals surface area contributed by atoms with E-state index in [-0.39, 0.29) is 5.91 Å². The number of hydrogen-bond donors (Lipinski definition) is 2. The van der Waals surface area contributed by atoms with Crippen LogP contribution in [0.4, 0.5) is 5.69 Å². The summed E-state index contributed by atoms with van der Waals surface area (Å²) in [6.45, 7) is 0. The normalized spacial score (nSPS) is 10.2. The summed E-state index contributed by atoms with van der Waals surface area (Å²) >= 11 is 3.99. The number of hydrogen-bond acceptors (Lipinski definition) is 5. The van der Waals surface area contributed by atoms with Crippen molar-refractivity contribution in [2.75, 3.05) is 11.1 Å². The molecule has 7 heteroatoms. The summed E-state index contributed by atoms with van der Waals surface area (Å²) < 4.78 is 1.68. The van der Waals surface area contributed by atoms with E-state index in [0.29, 0.717) is 23.7 Å². The summed E-state index contributed by atoms with van der Waals surface area (Å²) in [6.07, 6.45) is 5.09. The third-order valence-corrected chi connectivity index (χ3v) is 2.28. The summed E-state index contributed by atoms with van der Waals surface area (Å²) in [5, 5.41) is 10.1. The molecule has 0 aromatic carbocycles. The highest BCUT2D eigenvalue weighted by atomic mass is 32.1. The molecule has 0 aliphatic heterocycles. The van der Waals surface area contributed by atoms with Crippen LogP contribution in [0.3, 0.4) is 0 Å². The van der Waals surface area contributed by atoms with Gasteiger partial charge in [0.15, 0.2) is 0 Å². The Balaban J connectivity index is 2.06. The van der Waals surface area contributed by atoms with Crippen molar-refractivity contribution in [1.29, 1.82) is 0 Å². The number of aromatic nitrogens is 4. The molecule has 0 fully saturated rings. The van der Waals surface area contributed by atoms with E-state index in [4.69, 9.17) is 0 Å². The van der Waals surface area contributed by atoms with Crippen LogP contribution >= 0.6 is 12.6 Å². The molecule has 0 spiro atoms. The van der Waals surface area contributed by atoms with Gasteiger partial charge in [0.1, 0.15) is 18.5 Å². The second-order valence-electron chi connectivity index (χ2n) is 3.30. The zero-order valence-electron chi connectivity index (χ0n) is 8.95. The second-order valence-corrected chi connectivity index (χ2v) is 3.74. The molecule has 0 atom stereocenters. The van der Waals surface area contributed by atoms with Gasteiger partial charge in [-0.25, -0.2) is 4.98 Å². The fourth-order valence-corrected chi connectivity index (χ4v) is 1.46. The minimum absolute atomic E-state index is 0.0705. The maximum atomic E-state index is 11.3. The number of rotatable bonds is 4. The van der Waals surface area contributed by atoms with Crippen LogP contribution in [0.25, 0.3) is 5.82 Å². The number of anilines is 1. The summed E-state index contributed by atoms with van der Waals surface area (Å²) in [4.78, 5) is 15.5. The molecule has 1 amide bonds. The maximum Gasteiger partial charge on any atom is 0.225 e. The van der Waals surface area contributed by atoms with Gasteiger partial charge in [0, 0.05) is 6.42 Å². The highest BCUT2D eigenvalue weighted by Crippen LogP contribution is 2.09. The van der Waals surface area contributed by atoms with Gasteiger partial charge in [0.05, 0.1) is 11.9 Å². The van der Waals surface area contributed by atoms with Crippen LogP contribution in [0.5, 0.6) is 0 Å². The zero-order valence-corrected chi connectivity index (χ0v) is 9.84. The molecule has 1 N–H and O–H groups in total. The second kappa shape index (κ2) is 5.44. The number of pyridine rings is 1. The Labute approximate surface area is 103 Å². The molecule has 6 nitrogen and oxygen atoms in total. The lowest BCUT2D eigenvalue weighted by Gasteiger charge is -2.04. The summed E-state index contributed by atoms with van der Waals surface area (Å²) in [6, 6.07) is 3.55. The van der Waals surface area contributed by atoms with E-state index in [1.807, 2.05) is 0 Å². The van der Waals surface area contributed by atoms with Gasteiger partial charge >= 0.3 is 0 Å². The zero-order chi connectivity index (χ0) is 12.1. The minimum atomic E-state index is -0.0705. The Hall–Kier alpha value is -1.89. The van der Waals surface area contributed by atoms with E-state index in [1.54, 1.807) is 35.6 Å². The van der Waals surface area contributed by atoms with E-state index in [1.165, 1.54) is 0 Å². The first kappa shape index (κ1) is 11.6. The van der Waals surface area contributed by atoms with Gasteiger partial charge in [-0.1, -0.05) is 0 Å². The number of thiol groups is 1. The summed E-state index contributed by atoms with van der Waals surface area (Å²) in [5.74, 6) is 1.15. The Kier molecular flexibility index (Phi) is 3.71. The SMILES string of the molecule is O=C(CCS)Nc1ccc(-n2cnnc2)nc1. The lowest BCUT2D eigenvalue weighted by Crippen LogP contribution is -2.12. The predicted octanol–water partition coefficient (Wildman–Crippen LogP) is 0.921. The van der Waals surface area contributed by atoms with Gasteiger partial charge in [-0.05, 0) is 17.9 Å². The predicted molar refractivity (Wildman–Crippen MR) is 66.3 cm³/mol. The number of nitrogens with zero attached hydrogens (tertiary/aromatic N) is 4. The standard InChI is InChI=1S/C10H11N5OS/c16-10(3-4-17)14-8-1-2-9(11-5-8)15-6-12-13-7-15/h1-2,5-7,17H,3-4H2,(H,14,16). The lowest BCUT2D eigenvalue weighted by atomic mass is 10.3. The quantitative estimate of drug-likeness (QED) is 0.790. The minimum Gasteiger partial charge on any atom is -0.325 e. The molecule has 0 saturated carbocycles. The molecule has 88 valence electrons. The first-order valence-electron chi connectivity index (χ1n) is 5.01. The van der Waals surface area contributed by atoms with Crippen LogP contribution < -0.4 is 5.32 Å². The number of carbonyl (C=O) groups is 1. The lowest BCUT2D eigenvalue weighted by molar-refractivity contribution is -0.115. The fourth-order valence-electron chi connectivity index (χ4n) is 1.26. The molecule has 0 radical (unpaired) electrons. The molecule has 0 unspecified atom stereocenters. The monoisotopic (exact) mass is 249 g/mol. The molecular formula is C10H11N5OS. The van der Waals surface area contributed by atoms with Gasteiger partial charge in [-0.2, -0.15) is 12.6 Å². The number of nitrogens with one attached hydrogen (secondary N) is 1. The van der Waals surface area contributed by atoms with E-state index >= 15 is 0 Å². The van der Waals surface area contributed by atoms with Crippen molar-refractivity contribution in [1.82, 2.24) is 19.7 Å². The van der Waals surface area contributed by atoms with Crippen LogP contribution in [0.2, 0.25) is 0 Å². The highest BCUT2D eigenvalue weighted by molar-refractivity contribution is 7.80. The Morgan fingerprint density at radius 3 is 2.71 bits per heavy atom. The third kappa shape index (κ3) is 3.04. The fraction of sp³-hybridized carbons (Fsp3) is 0.200. The topological polar surface area (TPSA) is 72.7 Å². The molecule has 2 aromatic rings. The van der Waals surface area contributed by atoms with Crippen LogP contribution in [-0.4, -0.2) is 31.4 Å². The largest absolute Gasteiger partial charge is 0.325 e. The molecular weight excluding hydrogens is 238 g/mol. The van der Waals surface area contributed by atoms with Crippen molar-refractivity contribution >= 4 is 24.2 Å². The van der Waals surface area contributed by atoms with Crippen molar-refractivity contribution in [3.63, 3.8) is 0 Å². The van der Waals surface area contributed by atoms with Crippen molar-refractivity contribution in [2.45, 2.75) is 6.42 Å². The molecule has 2 rings (SSSR count). The van der Waals surface area contributed by atoms with Crippen molar-refractivity contribution in [3.8, 4) is 5.82 Å². The van der Waals surface area contributed by atoms with E-state index < -0.39 is 0 Å². The first-order valence-corrected chi connectivity index (χ1v) is 5.64. The van der Waals surface area contributed by atoms with Gasteiger partial charge in [0.25, 0.3) is 0 Å². The molecule has 0 aliphatic rings. The van der Waals surface area contributed by atoms with Crippen LogP contribution in [0.15, 0.2) is 31.0 Å². The molecule has 0 bridgehead atoms. The molecule has 0 saturated heterocycles. The van der Waals surface area contributed by atoms with Gasteiger partial charge < -0.3 is 5.32 Å². The van der Waals surface area contributed by atoms with Crippen molar-refractivity contribution in [3.05, 3.63) is 31.0 Å².